The van der Waals surface area contributed by atoms with Gasteiger partial charge in [-0.2, -0.15) is 0 Å². The number of cyclic esters (lactones) is 1. The van der Waals surface area contributed by atoms with Crippen molar-refractivity contribution in [3.63, 3.8) is 0 Å². The Balaban J connectivity index is 1.49. The molecule has 0 radical (unpaired) electrons. The summed E-state index contributed by atoms with van der Waals surface area (Å²) in [5, 5.41) is 0.590. The summed E-state index contributed by atoms with van der Waals surface area (Å²) in [5.74, 6) is 2.21. The third-order valence-electron chi connectivity index (χ3n) is 5.27. The standard InChI is InChI=1S/C25H14ClNO5/c26-16-8-5-14(6-9-16)24-27-23(25(28)32-24)18-12-21(31-19-4-2-1-3-17(18)19)15-7-10-20-22(11-15)30-13-29-20/h1-12H,13H2/b23-18-. The average molecular weight is 444 g/mol. The van der Waals surface area contributed by atoms with Crippen LogP contribution < -0.4 is 14.2 Å². The number of benzene rings is 3. The van der Waals surface area contributed by atoms with E-state index in [-0.39, 0.29) is 18.4 Å². The molecule has 0 atom stereocenters. The van der Waals surface area contributed by atoms with Crippen molar-refractivity contribution in [3.05, 3.63) is 100 Å². The number of hydrogen-bond acceptors (Lipinski definition) is 6. The van der Waals surface area contributed by atoms with E-state index in [9.17, 15) is 4.79 Å². The minimum absolute atomic E-state index is 0.185. The second-order valence-corrected chi connectivity index (χ2v) is 7.69. The molecule has 0 saturated carbocycles. The van der Waals surface area contributed by atoms with Gasteiger partial charge in [-0.05, 0) is 54.6 Å². The van der Waals surface area contributed by atoms with Gasteiger partial charge in [-0.3, -0.25) is 0 Å². The van der Waals surface area contributed by atoms with Crippen molar-refractivity contribution in [1.29, 1.82) is 0 Å². The lowest BCUT2D eigenvalue weighted by atomic mass is 9.97. The molecular formula is C25H14ClNO5. The van der Waals surface area contributed by atoms with Crippen LogP contribution in [0.4, 0.5) is 0 Å². The first kappa shape index (κ1) is 18.7. The molecule has 7 heteroatoms. The SMILES string of the molecule is O=C1OC(c2ccc(Cl)cc2)=N/C1=C1/C=C(c2ccc3c(c2)OCO3)Oc2ccccc21. The number of ether oxygens (including phenoxy) is 4. The fourth-order valence-electron chi connectivity index (χ4n) is 3.72. The first-order valence-electron chi connectivity index (χ1n) is 9.86. The monoisotopic (exact) mass is 443 g/mol. The predicted octanol–water partition coefficient (Wildman–Crippen LogP) is 5.22. The van der Waals surface area contributed by atoms with Crippen molar-refractivity contribution in [1.82, 2.24) is 0 Å². The third kappa shape index (κ3) is 3.13. The molecule has 3 aromatic rings. The molecule has 3 aliphatic heterocycles. The number of nitrogens with zero attached hydrogens (tertiary/aromatic N) is 1. The number of halogens is 1. The van der Waals surface area contributed by atoms with E-state index in [0.29, 0.717) is 39.2 Å². The van der Waals surface area contributed by atoms with Gasteiger partial charge in [0.2, 0.25) is 12.7 Å². The van der Waals surface area contributed by atoms with E-state index < -0.39 is 5.97 Å². The van der Waals surface area contributed by atoms with Crippen LogP contribution in [0.5, 0.6) is 17.2 Å². The first-order valence-corrected chi connectivity index (χ1v) is 10.2. The van der Waals surface area contributed by atoms with Crippen LogP contribution in [0.15, 0.2) is 83.5 Å². The fraction of sp³-hybridized carbons (Fsp3) is 0.0400. The number of para-hydroxylation sites is 1. The lowest BCUT2D eigenvalue weighted by Gasteiger charge is -2.20. The predicted molar refractivity (Wildman–Crippen MR) is 119 cm³/mol. The highest BCUT2D eigenvalue weighted by atomic mass is 35.5. The van der Waals surface area contributed by atoms with E-state index in [1.54, 1.807) is 30.3 Å². The van der Waals surface area contributed by atoms with Gasteiger partial charge in [0.15, 0.2) is 17.2 Å². The Labute approximate surface area is 188 Å². The van der Waals surface area contributed by atoms with E-state index in [4.69, 9.17) is 30.5 Å². The van der Waals surface area contributed by atoms with Crippen molar-refractivity contribution in [2.24, 2.45) is 4.99 Å². The van der Waals surface area contributed by atoms with Crippen LogP contribution >= 0.6 is 11.6 Å². The van der Waals surface area contributed by atoms with Crippen LogP contribution in [-0.2, 0) is 9.53 Å². The van der Waals surface area contributed by atoms with E-state index in [1.807, 2.05) is 42.5 Å². The van der Waals surface area contributed by atoms with Gasteiger partial charge in [0, 0.05) is 27.3 Å². The highest BCUT2D eigenvalue weighted by Crippen LogP contribution is 2.42. The maximum atomic E-state index is 12.8. The Morgan fingerprint density at radius 3 is 2.47 bits per heavy atom. The molecule has 32 heavy (non-hydrogen) atoms. The summed E-state index contributed by atoms with van der Waals surface area (Å²) in [6, 6.07) is 20.0. The molecular weight excluding hydrogens is 430 g/mol. The van der Waals surface area contributed by atoms with E-state index in [1.165, 1.54) is 0 Å². The van der Waals surface area contributed by atoms with E-state index in [2.05, 4.69) is 4.99 Å². The molecule has 6 nitrogen and oxygen atoms in total. The number of allylic oxidation sites excluding steroid dienone is 2. The largest absolute Gasteiger partial charge is 0.456 e. The molecule has 0 bridgehead atoms. The van der Waals surface area contributed by atoms with Crippen LogP contribution in [0.1, 0.15) is 16.7 Å². The van der Waals surface area contributed by atoms with Crippen LogP contribution in [0.3, 0.4) is 0 Å². The molecule has 0 saturated heterocycles. The van der Waals surface area contributed by atoms with E-state index >= 15 is 0 Å². The molecule has 3 heterocycles. The molecule has 0 N–H and O–H groups in total. The van der Waals surface area contributed by atoms with Crippen molar-refractivity contribution in [2.75, 3.05) is 6.79 Å². The number of esters is 1. The average Bonchev–Trinajstić information content (AvgIpc) is 3.45. The number of fused-ring (bicyclic) bond motifs is 2. The minimum Gasteiger partial charge on any atom is -0.456 e. The van der Waals surface area contributed by atoms with Crippen molar-refractivity contribution >= 4 is 34.8 Å². The Hall–Kier alpha value is -4.03. The quantitative estimate of drug-likeness (QED) is 0.401. The molecule has 6 rings (SSSR count). The summed E-state index contributed by atoms with van der Waals surface area (Å²) < 4.78 is 22.5. The third-order valence-corrected chi connectivity index (χ3v) is 5.52. The molecule has 0 amide bonds. The zero-order valence-electron chi connectivity index (χ0n) is 16.5. The van der Waals surface area contributed by atoms with Gasteiger partial charge in [0.25, 0.3) is 0 Å². The Bertz CT molecular complexity index is 1370. The summed E-state index contributed by atoms with van der Waals surface area (Å²) in [7, 11) is 0. The van der Waals surface area contributed by atoms with Gasteiger partial charge in [0.05, 0.1) is 0 Å². The Morgan fingerprint density at radius 2 is 1.59 bits per heavy atom. The molecule has 156 valence electrons. The normalized spacial score (nSPS) is 18.5. The van der Waals surface area contributed by atoms with Gasteiger partial charge in [-0.25, -0.2) is 9.79 Å². The highest BCUT2D eigenvalue weighted by molar-refractivity contribution is 6.30. The fourth-order valence-corrected chi connectivity index (χ4v) is 3.84. The highest BCUT2D eigenvalue weighted by Gasteiger charge is 2.31. The molecule has 0 spiro atoms. The second-order valence-electron chi connectivity index (χ2n) is 7.25. The van der Waals surface area contributed by atoms with E-state index in [0.717, 1.165) is 11.1 Å². The number of rotatable bonds is 2. The van der Waals surface area contributed by atoms with Crippen LogP contribution in [0.25, 0.3) is 11.3 Å². The Morgan fingerprint density at radius 1 is 0.812 bits per heavy atom. The number of hydrogen-bond donors (Lipinski definition) is 0. The number of carbonyl (C=O) groups excluding carboxylic acids is 1. The van der Waals surface area contributed by atoms with Gasteiger partial charge >= 0.3 is 5.97 Å². The number of carbonyl (C=O) groups is 1. The summed E-state index contributed by atoms with van der Waals surface area (Å²) in [4.78, 5) is 17.3. The van der Waals surface area contributed by atoms with Gasteiger partial charge in [-0.15, -0.1) is 0 Å². The van der Waals surface area contributed by atoms with Crippen LogP contribution in [-0.4, -0.2) is 18.7 Å². The zero-order chi connectivity index (χ0) is 21.7. The van der Waals surface area contributed by atoms with Crippen LogP contribution in [0.2, 0.25) is 5.02 Å². The van der Waals surface area contributed by atoms with Crippen LogP contribution in [0, 0.1) is 0 Å². The molecule has 3 aliphatic rings. The molecule has 0 aliphatic carbocycles. The minimum atomic E-state index is -0.525. The summed E-state index contributed by atoms with van der Waals surface area (Å²) >= 11 is 5.97. The van der Waals surface area contributed by atoms with Crippen molar-refractivity contribution < 1.29 is 23.7 Å². The smallest absolute Gasteiger partial charge is 0.364 e. The first-order chi connectivity index (χ1) is 15.7. The molecule has 0 fully saturated rings. The molecule has 0 unspecified atom stereocenters. The maximum absolute atomic E-state index is 12.8. The second kappa shape index (κ2) is 7.28. The zero-order valence-corrected chi connectivity index (χ0v) is 17.3. The van der Waals surface area contributed by atoms with Gasteiger partial charge in [-0.1, -0.05) is 29.8 Å². The topological polar surface area (TPSA) is 66.4 Å². The summed E-state index contributed by atoms with van der Waals surface area (Å²) in [6.07, 6.45) is 1.80. The summed E-state index contributed by atoms with van der Waals surface area (Å²) in [6.45, 7) is 0.185. The molecule has 0 aromatic heterocycles. The maximum Gasteiger partial charge on any atom is 0.364 e. The lowest BCUT2D eigenvalue weighted by molar-refractivity contribution is -0.129. The molecule has 3 aromatic carbocycles. The lowest BCUT2D eigenvalue weighted by Crippen LogP contribution is -2.08. The van der Waals surface area contributed by atoms with Gasteiger partial charge in [0.1, 0.15) is 11.5 Å². The van der Waals surface area contributed by atoms with Gasteiger partial charge < -0.3 is 18.9 Å². The van der Waals surface area contributed by atoms with Crippen molar-refractivity contribution in [3.8, 4) is 17.2 Å². The number of aliphatic imine (C=N–C) groups is 1. The Kier molecular flexibility index (Phi) is 4.26. The summed E-state index contributed by atoms with van der Waals surface area (Å²) in [5.41, 5.74) is 3.04. The van der Waals surface area contributed by atoms with Crippen molar-refractivity contribution in [2.45, 2.75) is 0 Å².